The number of nitro benzene ring substituents is 1. The van der Waals surface area contributed by atoms with Crippen molar-refractivity contribution in [2.45, 2.75) is 33.6 Å². The number of benzene rings is 2. The Morgan fingerprint density at radius 1 is 1.15 bits per heavy atom. The van der Waals surface area contributed by atoms with Crippen LogP contribution in [0.5, 0.6) is 11.5 Å². The Balaban J connectivity index is 1.89. The van der Waals surface area contributed by atoms with Crippen molar-refractivity contribution < 1.29 is 19.2 Å². The number of carbonyl (C=O) groups excluding carboxylic acids is 1. The molecular weight excluding hydrogens is 348 g/mol. The van der Waals surface area contributed by atoms with Gasteiger partial charge in [0.15, 0.2) is 5.75 Å². The normalized spacial score (nSPS) is 10.4. The van der Waals surface area contributed by atoms with Crippen molar-refractivity contribution in [1.29, 1.82) is 0 Å². The Morgan fingerprint density at radius 2 is 1.81 bits per heavy atom. The van der Waals surface area contributed by atoms with E-state index < -0.39 is 4.92 Å². The summed E-state index contributed by atoms with van der Waals surface area (Å²) in [5, 5.41) is 14.1. The average molecular weight is 372 g/mol. The third-order valence-corrected chi connectivity index (χ3v) is 4.11. The molecule has 7 heteroatoms. The van der Waals surface area contributed by atoms with E-state index in [0.717, 1.165) is 22.4 Å². The zero-order valence-corrected chi connectivity index (χ0v) is 16.0. The van der Waals surface area contributed by atoms with Crippen molar-refractivity contribution in [1.82, 2.24) is 0 Å². The number of ether oxygens (including phenoxy) is 2. The molecule has 0 aliphatic heterocycles. The van der Waals surface area contributed by atoms with E-state index in [1.807, 2.05) is 32.9 Å². The van der Waals surface area contributed by atoms with Gasteiger partial charge >= 0.3 is 5.69 Å². The van der Waals surface area contributed by atoms with Gasteiger partial charge in [0.25, 0.3) is 0 Å². The van der Waals surface area contributed by atoms with Crippen molar-refractivity contribution in [3.05, 3.63) is 57.1 Å². The van der Waals surface area contributed by atoms with Crippen molar-refractivity contribution in [3.8, 4) is 11.5 Å². The van der Waals surface area contributed by atoms with Gasteiger partial charge in [-0.05, 0) is 50.5 Å². The quantitative estimate of drug-likeness (QED) is 0.423. The molecule has 0 aliphatic carbocycles. The van der Waals surface area contributed by atoms with Crippen LogP contribution in [-0.2, 0) is 4.79 Å². The molecule has 27 heavy (non-hydrogen) atoms. The van der Waals surface area contributed by atoms with Gasteiger partial charge in [-0.25, -0.2) is 0 Å². The molecule has 2 rings (SSSR count). The third kappa shape index (κ3) is 5.44. The summed E-state index contributed by atoms with van der Waals surface area (Å²) in [4.78, 5) is 22.8. The Hall–Kier alpha value is -3.09. The van der Waals surface area contributed by atoms with Crippen LogP contribution in [0.2, 0.25) is 0 Å². The Labute approximate surface area is 158 Å². The summed E-state index contributed by atoms with van der Waals surface area (Å²) >= 11 is 0. The zero-order valence-electron chi connectivity index (χ0n) is 16.0. The molecule has 144 valence electrons. The molecule has 0 aromatic heterocycles. The van der Waals surface area contributed by atoms with Crippen LogP contribution in [0.3, 0.4) is 0 Å². The van der Waals surface area contributed by atoms with Gasteiger partial charge in [0.1, 0.15) is 5.75 Å². The van der Waals surface area contributed by atoms with Gasteiger partial charge in [0.05, 0.1) is 24.7 Å². The highest BCUT2D eigenvalue weighted by Crippen LogP contribution is 2.31. The van der Waals surface area contributed by atoms with E-state index >= 15 is 0 Å². The molecule has 0 radical (unpaired) electrons. The maximum atomic E-state index is 12.2. The Kier molecular flexibility index (Phi) is 6.76. The predicted molar refractivity (Wildman–Crippen MR) is 104 cm³/mol. The number of hydrogen-bond donors (Lipinski definition) is 1. The van der Waals surface area contributed by atoms with E-state index in [1.54, 1.807) is 6.07 Å². The van der Waals surface area contributed by atoms with Crippen LogP contribution in [0, 0.1) is 30.9 Å². The lowest BCUT2D eigenvalue weighted by Gasteiger charge is -2.13. The summed E-state index contributed by atoms with van der Waals surface area (Å²) in [6.45, 7) is 6.14. The Bertz CT molecular complexity index is 825. The minimum atomic E-state index is -0.520. The number of nitro groups is 1. The van der Waals surface area contributed by atoms with Gasteiger partial charge in [-0.3, -0.25) is 14.9 Å². The van der Waals surface area contributed by atoms with Crippen LogP contribution in [0.1, 0.15) is 29.5 Å². The third-order valence-electron chi connectivity index (χ3n) is 4.11. The summed E-state index contributed by atoms with van der Waals surface area (Å²) in [5.41, 5.74) is 3.86. The van der Waals surface area contributed by atoms with Crippen LogP contribution in [0.25, 0.3) is 0 Å². The standard InChI is InChI=1S/C20H24N2O5/c1-13-10-14(2)20(15(3)11-13)21-19(23)6-5-9-27-18-8-7-16(26-4)12-17(18)22(24)25/h7-8,10-12H,5-6,9H2,1-4H3,(H,21,23). The predicted octanol–water partition coefficient (Wildman–Crippen LogP) is 4.33. The zero-order chi connectivity index (χ0) is 20.0. The number of amides is 1. The van der Waals surface area contributed by atoms with Crippen LogP contribution in [0.4, 0.5) is 11.4 Å². The summed E-state index contributed by atoms with van der Waals surface area (Å²) in [5.74, 6) is 0.432. The lowest BCUT2D eigenvalue weighted by atomic mass is 10.0. The second kappa shape index (κ2) is 9.02. The molecule has 0 fully saturated rings. The fraction of sp³-hybridized carbons (Fsp3) is 0.350. The first-order valence-corrected chi connectivity index (χ1v) is 8.64. The number of rotatable bonds is 8. The number of aryl methyl sites for hydroxylation is 3. The van der Waals surface area contributed by atoms with E-state index in [-0.39, 0.29) is 30.4 Å². The topological polar surface area (TPSA) is 90.7 Å². The first-order valence-electron chi connectivity index (χ1n) is 8.64. The highest BCUT2D eigenvalue weighted by molar-refractivity contribution is 5.92. The summed E-state index contributed by atoms with van der Waals surface area (Å²) < 4.78 is 10.5. The lowest BCUT2D eigenvalue weighted by molar-refractivity contribution is -0.385. The number of nitrogens with zero attached hydrogens (tertiary/aromatic N) is 1. The summed E-state index contributed by atoms with van der Waals surface area (Å²) in [6, 6.07) is 8.45. The molecule has 7 nitrogen and oxygen atoms in total. The van der Waals surface area contributed by atoms with E-state index in [0.29, 0.717) is 12.2 Å². The van der Waals surface area contributed by atoms with Crippen molar-refractivity contribution >= 4 is 17.3 Å². The molecule has 2 aromatic carbocycles. The maximum Gasteiger partial charge on any atom is 0.314 e. The van der Waals surface area contributed by atoms with E-state index in [2.05, 4.69) is 5.32 Å². The molecular formula is C20H24N2O5. The van der Waals surface area contributed by atoms with Crippen molar-refractivity contribution in [3.63, 3.8) is 0 Å². The van der Waals surface area contributed by atoms with Gasteiger partial charge < -0.3 is 14.8 Å². The maximum absolute atomic E-state index is 12.2. The number of hydrogen-bond acceptors (Lipinski definition) is 5. The smallest absolute Gasteiger partial charge is 0.314 e. The summed E-state index contributed by atoms with van der Waals surface area (Å²) in [6.07, 6.45) is 0.704. The van der Waals surface area contributed by atoms with E-state index in [9.17, 15) is 14.9 Å². The monoisotopic (exact) mass is 372 g/mol. The molecule has 1 N–H and O–H groups in total. The van der Waals surface area contributed by atoms with Crippen LogP contribution in [-0.4, -0.2) is 24.5 Å². The average Bonchev–Trinajstić information content (AvgIpc) is 2.61. The van der Waals surface area contributed by atoms with Crippen molar-refractivity contribution in [2.75, 3.05) is 19.0 Å². The molecule has 1 amide bonds. The van der Waals surface area contributed by atoms with Gasteiger partial charge in [-0.1, -0.05) is 17.7 Å². The van der Waals surface area contributed by atoms with Crippen LogP contribution >= 0.6 is 0 Å². The van der Waals surface area contributed by atoms with Gasteiger partial charge in [-0.2, -0.15) is 0 Å². The minimum Gasteiger partial charge on any atom is -0.496 e. The molecule has 0 heterocycles. The van der Waals surface area contributed by atoms with E-state index in [4.69, 9.17) is 9.47 Å². The first-order chi connectivity index (χ1) is 12.8. The highest BCUT2D eigenvalue weighted by atomic mass is 16.6. The Morgan fingerprint density at radius 3 is 2.41 bits per heavy atom. The molecule has 2 aromatic rings. The second-order valence-electron chi connectivity index (χ2n) is 6.36. The van der Waals surface area contributed by atoms with Crippen LogP contribution in [0.15, 0.2) is 30.3 Å². The molecule has 0 spiro atoms. The summed E-state index contributed by atoms with van der Waals surface area (Å²) in [7, 11) is 1.44. The van der Waals surface area contributed by atoms with Crippen LogP contribution < -0.4 is 14.8 Å². The molecule has 0 unspecified atom stereocenters. The molecule has 0 atom stereocenters. The molecule has 0 saturated carbocycles. The van der Waals surface area contributed by atoms with Gasteiger partial charge in [-0.15, -0.1) is 0 Å². The fourth-order valence-corrected chi connectivity index (χ4v) is 2.88. The number of nitrogens with one attached hydrogen (secondary N) is 1. The minimum absolute atomic E-state index is 0.113. The number of anilines is 1. The van der Waals surface area contributed by atoms with Crippen molar-refractivity contribution in [2.24, 2.45) is 0 Å². The number of methoxy groups -OCH3 is 1. The second-order valence-corrected chi connectivity index (χ2v) is 6.36. The highest BCUT2D eigenvalue weighted by Gasteiger charge is 2.16. The van der Waals surface area contributed by atoms with Gasteiger partial charge in [0, 0.05) is 12.1 Å². The molecule has 0 saturated heterocycles. The van der Waals surface area contributed by atoms with Gasteiger partial charge in [0.2, 0.25) is 5.91 Å². The first kappa shape index (κ1) is 20.2. The fourth-order valence-electron chi connectivity index (χ4n) is 2.88. The van der Waals surface area contributed by atoms with E-state index in [1.165, 1.54) is 19.2 Å². The molecule has 0 bridgehead atoms. The molecule has 0 aliphatic rings. The largest absolute Gasteiger partial charge is 0.496 e. The lowest BCUT2D eigenvalue weighted by Crippen LogP contribution is -2.14. The SMILES string of the molecule is COc1ccc(OCCCC(=O)Nc2c(C)cc(C)cc2C)c([N+](=O)[O-])c1. The number of carbonyl (C=O) groups is 1.